The van der Waals surface area contributed by atoms with E-state index in [1.165, 1.54) is 0 Å². The van der Waals surface area contributed by atoms with Crippen molar-refractivity contribution in [2.45, 2.75) is 13.8 Å². The van der Waals surface area contributed by atoms with Crippen LogP contribution in [-0.2, 0) is 0 Å². The summed E-state index contributed by atoms with van der Waals surface area (Å²) in [5.74, 6) is 0.00330. The summed E-state index contributed by atoms with van der Waals surface area (Å²) in [4.78, 5) is 18.8. The van der Waals surface area contributed by atoms with E-state index in [-0.39, 0.29) is 36.1 Å². The molecule has 27 heavy (non-hydrogen) atoms. The number of amides is 1. The summed E-state index contributed by atoms with van der Waals surface area (Å²) in [5.41, 5.74) is 9.32. The molecule has 0 unspecified atom stereocenters. The molecule has 0 saturated heterocycles. The van der Waals surface area contributed by atoms with E-state index < -0.39 is 0 Å². The number of para-hydroxylation sites is 2. The highest BCUT2D eigenvalue weighted by Gasteiger charge is 2.22. The fraction of sp³-hybridized carbons (Fsp3) is 0.300. The van der Waals surface area contributed by atoms with Crippen molar-refractivity contribution in [2.24, 2.45) is 11.1 Å². The minimum absolute atomic E-state index is 0. The zero-order chi connectivity index (χ0) is 18.0. The van der Waals surface area contributed by atoms with Crippen LogP contribution in [0.4, 0.5) is 0 Å². The molecule has 3 rings (SSSR count). The molecule has 0 spiro atoms. The van der Waals surface area contributed by atoms with Crippen molar-refractivity contribution in [2.75, 3.05) is 20.1 Å². The van der Waals surface area contributed by atoms with Gasteiger partial charge in [-0.15, -0.1) is 24.8 Å². The number of carbonyl (C=O) groups excluding carboxylic acids is 1. The summed E-state index contributed by atoms with van der Waals surface area (Å²) in [6, 6.07) is 15.6. The molecule has 0 radical (unpaired) electrons. The zero-order valence-corrected chi connectivity index (χ0v) is 17.4. The van der Waals surface area contributed by atoms with E-state index in [9.17, 15) is 4.79 Å². The number of hydrogen-bond acceptors (Lipinski definition) is 3. The smallest absolute Gasteiger partial charge is 0.253 e. The van der Waals surface area contributed by atoms with E-state index in [1.54, 1.807) is 11.2 Å². The van der Waals surface area contributed by atoms with Crippen molar-refractivity contribution in [3.8, 4) is 5.69 Å². The number of fused-ring (bicyclic) bond motifs is 1. The topological polar surface area (TPSA) is 64.2 Å². The highest BCUT2D eigenvalue weighted by Crippen LogP contribution is 2.20. The average molecular weight is 409 g/mol. The number of carbonyl (C=O) groups is 1. The van der Waals surface area contributed by atoms with Gasteiger partial charge in [-0.05, 0) is 48.4 Å². The van der Waals surface area contributed by atoms with Gasteiger partial charge >= 0.3 is 0 Å². The van der Waals surface area contributed by atoms with Crippen molar-refractivity contribution < 1.29 is 4.79 Å². The van der Waals surface area contributed by atoms with Gasteiger partial charge in [0.15, 0.2) is 0 Å². The lowest BCUT2D eigenvalue weighted by Crippen LogP contribution is -2.39. The molecule has 2 aromatic carbocycles. The maximum absolute atomic E-state index is 12.6. The zero-order valence-electron chi connectivity index (χ0n) is 15.8. The fourth-order valence-corrected chi connectivity index (χ4v) is 2.93. The van der Waals surface area contributed by atoms with Crippen LogP contribution >= 0.6 is 24.8 Å². The van der Waals surface area contributed by atoms with Gasteiger partial charge in [0.25, 0.3) is 5.91 Å². The SMILES string of the molecule is CN(CC(C)(C)CN)C(=O)c1ccc(-n2cnc3ccccc32)cc1.Cl.Cl. The lowest BCUT2D eigenvalue weighted by atomic mass is 9.93. The number of nitrogens with two attached hydrogens (primary N) is 1. The summed E-state index contributed by atoms with van der Waals surface area (Å²) < 4.78 is 2.02. The van der Waals surface area contributed by atoms with E-state index >= 15 is 0 Å². The largest absolute Gasteiger partial charge is 0.341 e. The third-order valence-corrected chi connectivity index (χ3v) is 4.41. The lowest BCUT2D eigenvalue weighted by Gasteiger charge is -2.29. The second-order valence-electron chi connectivity index (χ2n) is 7.18. The predicted molar refractivity (Wildman–Crippen MR) is 115 cm³/mol. The molecule has 1 heterocycles. The highest BCUT2D eigenvalue weighted by atomic mass is 35.5. The minimum atomic E-state index is -0.0971. The van der Waals surface area contributed by atoms with Crippen LogP contribution in [0.1, 0.15) is 24.2 Å². The molecular formula is C20H26Cl2N4O. The maximum Gasteiger partial charge on any atom is 0.253 e. The number of halogens is 2. The molecule has 146 valence electrons. The van der Waals surface area contributed by atoms with Crippen LogP contribution in [-0.4, -0.2) is 40.5 Å². The molecule has 7 heteroatoms. The number of aromatic nitrogens is 2. The Bertz CT molecular complexity index is 890. The quantitative estimate of drug-likeness (QED) is 0.695. The summed E-state index contributed by atoms with van der Waals surface area (Å²) in [5, 5.41) is 0. The number of rotatable bonds is 5. The molecule has 0 atom stereocenters. The molecule has 5 nitrogen and oxygen atoms in total. The van der Waals surface area contributed by atoms with E-state index in [1.807, 2.05) is 60.1 Å². The van der Waals surface area contributed by atoms with Crippen LogP contribution in [0.5, 0.6) is 0 Å². The third kappa shape index (κ3) is 5.01. The Kier molecular flexibility index (Phi) is 7.84. The normalized spacial score (nSPS) is 10.8. The molecule has 1 aromatic heterocycles. The van der Waals surface area contributed by atoms with Gasteiger partial charge in [0.05, 0.1) is 11.0 Å². The number of hydrogen-bond donors (Lipinski definition) is 1. The van der Waals surface area contributed by atoms with Gasteiger partial charge in [0, 0.05) is 24.8 Å². The van der Waals surface area contributed by atoms with Crippen LogP contribution in [0.2, 0.25) is 0 Å². The van der Waals surface area contributed by atoms with Gasteiger partial charge in [-0.1, -0.05) is 26.0 Å². The highest BCUT2D eigenvalue weighted by molar-refractivity contribution is 5.94. The Labute approximate surface area is 172 Å². The first-order valence-electron chi connectivity index (χ1n) is 8.39. The fourth-order valence-electron chi connectivity index (χ4n) is 2.93. The van der Waals surface area contributed by atoms with Gasteiger partial charge in [0.1, 0.15) is 6.33 Å². The molecule has 1 amide bonds. The summed E-state index contributed by atoms with van der Waals surface area (Å²) in [7, 11) is 1.82. The predicted octanol–water partition coefficient (Wildman–Crippen LogP) is 3.93. The number of imidazole rings is 1. The Hall–Kier alpha value is -2.08. The Morgan fingerprint density at radius 3 is 2.37 bits per heavy atom. The average Bonchev–Trinajstić information content (AvgIpc) is 3.05. The van der Waals surface area contributed by atoms with Crippen molar-refractivity contribution in [1.82, 2.24) is 14.5 Å². The molecule has 3 aromatic rings. The maximum atomic E-state index is 12.6. The van der Waals surface area contributed by atoms with Gasteiger partial charge in [-0.3, -0.25) is 9.36 Å². The molecular weight excluding hydrogens is 383 g/mol. The van der Waals surface area contributed by atoms with E-state index in [0.29, 0.717) is 18.7 Å². The minimum Gasteiger partial charge on any atom is -0.341 e. The standard InChI is InChI=1S/C20H24N4O.2ClH/c1-20(2,12-21)13-23(3)19(25)15-8-10-16(11-9-15)24-14-22-17-6-4-5-7-18(17)24;;/h4-11,14H,12-13,21H2,1-3H3;2*1H. The van der Waals surface area contributed by atoms with Crippen LogP contribution in [0.3, 0.4) is 0 Å². The Balaban J connectivity index is 0.00000182. The Morgan fingerprint density at radius 1 is 1.11 bits per heavy atom. The Morgan fingerprint density at radius 2 is 1.74 bits per heavy atom. The van der Waals surface area contributed by atoms with Gasteiger partial charge < -0.3 is 10.6 Å². The molecule has 0 aliphatic rings. The third-order valence-electron chi connectivity index (χ3n) is 4.41. The van der Waals surface area contributed by atoms with Crippen LogP contribution < -0.4 is 5.73 Å². The van der Waals surface area contributed by atoms with Gasteiger partial charge in [-0.2, -0.15) is 0 Å². The van der Waals surface area contributed by atoms with Crippen LogP contribution in [0.25, 0.3) is 16.7 Å². The second-order valence-corrected chi connectivity index (χ2v) is 7.18. The first-order valence-corrected chi connectivity index (χ1v) is 8.39. The molecule has 0 aliphatic carbocycles. The summed E-state index contributed by atoms with van der Waals surface area (Å²) in [6.45, 7) is 5.28. The molecule has 2 N–H and O–H groups in total. The summed E-state index contributed by atoms with van der Waals surface area (Å²) in [6.07, 6.45) is 1.80. The monoisotopic (exact) mass is 408 g/mol. The number of benzene rings is 2. The van der Waals surface area contributed by atoms with E-state index in [2.05, 4.69) is 18.8 Å². The van der Waals surface area contributed by atoms with Crippen molar-refractivity contribution in [3.05, 3.63) is 60.4 Å². The summed E-state index contributed by atoms with van der Waals surface area (Å²) >= 11 is 0. The van der Waals surface area contributed by atoms with Crippen molar-refractivity contribution in [1.29, 1.82) is 0 Å². The van der Waals surface area contributed by atoms with Crippen LogP contribution in [0.15, 0.2) is 54.9 Å². The van der Waals surface area contributed by atoms with E-state index in [0.717, 1.165) is 16.7 Å². The first-order chi connectivity index (χ1) is 11.9. The van der Waals surface area contributed by atoms with Crippen LogP contribution in [0, 0.1) is 5.41 Å². The van der Waals surface area contributed by atoms with E-state index in [4.69, 9.17) is 5.73 Å². The molecule has 0 bridgehead atoms. The molecule has 0 fully saturated rings. The van der Waals surface area contributed by atoms with Gasteiger partial charge in [0.2, 0.25) is 0 Å². The van der Waals surface area contributed by atoms with Crippen molar-refractivity contribution >= 4 is 41.8 Å². The van der Waals surface area contributed by atoms with Crippen molar-refractivity contribution in [3.63, 3.8) is 0 Å². The second kappa shape index (κ2) is 9.22. The number of nitrogens with zero attached hydrogens (tertiary/aromatic N) is 3. The first kappa shape index (κ1) is 23.0. The van der Waals surface area contributed by atoms with Gasteiger partial charge in [-0.25, -0.2) is 4.98 Å². The lowest BCUT2D eigenvalue weighted by molar-refractivity contribution is 0.0740. The molecule has 0 saturated carbocycles. The molecule has 0 aliphatic heterocycles.